The summed E-state index contributed by atoms with van der Waals surface area (Å²) in [6.45, 7) is 0. The Labute approximate surface area is 108 Å². The van der Waals surface area contributed by atoms with Crippen molar-refractivity contribution in [2.45, 2.75) is 9.79 Å². The Kier molecular flexibility index (Phi) is 3.71. The van der Waals surface area contributed by atoms with Crippen molar-refractivity contribution in [3.63, 3.8) is 0 Å². The Bertz CT molecular complexity index is 537. The molecule has 2 rings (SSSR count). The molecule has 0 saturated carbocycles. The van der Waals surface area contributed by atoms with E-state index < -0.39 is 5.97 Å². The van der Waals surface area contributed by atoms with Crippen LogP contribution in [0.15, 0.2) is 58.3 Å². The maximum atomic E-state index is 10.7. The molecule has 0 fully saturated rings. The highest BCUT2D eigenvalue weighted by molar-refractivity contribution is 7.99. The maximum Gasteiger partial charge on any atom is 0.335 e. The highest BCUT2D eigenvalue weighted by Crippen LogP contribution is 2.29. The van der Waals surface area contributed by atoms with Gasteiger partial charge in [-0.05, 0) is 42.5 Å². The minimum atomic E-state index is -0.913. The number of rotatable bonds is 3. The average Bonchev–Trinajstić information content (AvgIpc) is 2.29. The van der Waals surface area contributed by atoms with E-state index in [1.165, 1.54) is 0 Å². The molecule has 0 aliphatic heterocycles. The molecule has 0 heterocycles. The Morgan fingerprint density at radius 1 is 1.06 bits per heavy atom. The van der Waals surface area contributed by atoms with E-state index in [2.05, 4.69) is 0 Å². The van der Waals surface area contributed by atoms with Gasteiger partial charge in [0, 0.05) is 14.8 Å². The number of hydrogen-bond donors (Lipinski definition) is 1. The van der Waals surface area contributed by atoms with Gasteiger partial charge in [-0.1, -0.05) is 29.4 Å². The van der Waals surface area contributed by atoms with Gasteiger partial charge in [0.15, 0.2) is 0 Å². The summed E-state index contributed by atoms with van der Waals surface area (Å²) in [4.78, 5) is 12.7. The van der Waals surface area contributed by atoms with E-state index in [9.17, 15) is 4.79 Å². The molecule has 4 heteroatoms. The van der Waals surface area contributed by atoms with Crippen LogP contribution in [0.25, 0.3) is 0 Å². The second kappa shape index (κ2) is 5.25. The molecule has 0 saturated heterocycles. The SMILES string of the molecule is O=C(O)c1ccc(Sc2cccc(Cl)c2)cc1. The van der Waals surface area contributed by atoms with Gasteiger partial charge in [-0.3, -0.25) is 0 Å². The monoisotopic (exact) mass is 264 g/mol. The van der Waals surface area contributed by atoms with E-state index in [1.807, 2.05) is 24.3 Å². The van der Waals surface area contributed by atoms with Crippen LogP contribution in [0.3, 0.4) is 0 Å². The number of aromatic carboxylic acids is 1. The molecule has 0 aromatic heterocycles. The first-order valence-corrected chi connectivity index (χ1v) is 6.11. The van der Waals surface area contributed by atoms with E-state index in [0.717, 1.165) is 9.79 Å². The lowest BCUT2D eigenvalue weighted by atomic mass is 10.2. The zero-order chi connectivity index (χ0) is 12.3. The van der Waals surface area contributed by atoms with Crippen molar-refractivity contribution in [1.29, 1.82) is 0 Å². The molecule has 0 aliphatic carbocycles. The fourth-order valence-electron chi connectivity index (χ4n) is 1.33. The summed E-state index contributed by atoms with van der Waals surface area (Å²) in [6.07, 6.45) is 0. The minimum absolute atomic E-state index is 0.292. The predicted molar refractivity (Wildman–Crippen MR) is 69.0 cm³/mol. The fourth-order valence-corrected chi connectivity index (χ4v) is 2.46. The molecule has 1 N–H and O–H groups in total. The molecule has 2 aromatic carbocycles. The summed E-state index contributed by atoms with van der Waals surface area (Å²) in [5.41, 5.74) is 0.292. The second-order valence-corrected chi connectivity index (χ2v) is 4.97. The van der Waals surface area contributed by atoms with Crippen molar-refractivity contribution in [2.24, 2.45) is 0 Å². The first-order valence-electron chi connectivity index (χ1n) is 4.92. The number of carbonyl (C=O) groups is 1. The standard InChI is InChI=1S/C13H9ClO2S/c14-10-2-1-3-12(8-10)17-11-6-4-9(5-7-11)13(15)16/h1-8H,(H,15,16). The lowest BCUT2D eigenvalue weighted by Gasteiger charge is -2.02. The van der Waals surface area contributed by atoms with Crippen LogP contribution in [0.5, 0.6) is 0 Å². The first kappa shape index (κ1) is 12.0. The summed E-state index contributed by atoms with van der Waals surface area (Å²) in [5.74, 6) is -0.913. The van der Waals surface area contributed by atoms with Crippen LogP contribution >= 0.6 is 23.4 Å². The van der Waals surface area contributed by atoms with E-state index >= 15 is 0 Å². The summed E-state index contributed by atoms with van der Waals surface area (Å²) in [5, 5.41) is 9.47. The van der Waals surface area contributed by atoms with Gasteiger partial charge in [0.2, 0.25) is 0 Å². The zero-order valence-electron chi connectivity index (χ0n) is 8.76. The molecule has 0 atom stereocenters. The smallest absolute Gasteiger partial charge is 0.335 e. The van der Waals surface area contributed by atoms with Gasteiger partial charge in [0.25, 0.3) is 0 Å². The van der Waals surface area contributed by atoms with Gasteiger partial charge in [0.1, 0.15) is 0 Å². The molecule has 0 bridgehead atoms. The van der Waals surface area contributed by atoms with E-state index in [0.29, 0.717) is 10.6 Å². The Hall–Kier alpha value is -1.45. The van der Waals surface area contributed by atoms with Gasteiger partial charge in [-0.25, -0.2) is 4.79 Å². The number of carboxylic acid groups (broad SMARTS) is 1. The second-order valence-electron chi connectivity index (χ2n) is 3.39. The number of hydrogen-bond acceptors (Lipinski definition) is 2. The van der Waals surface area contributed by atoms with Crippen LogP contribution in [-0.2, 0) is 0 Å². The molecule has 86 valence electrons. The third kappa shape index (κ3) is 3.25. The molecular formula is C13H9ClO2S. The number of carboxylic acids is 1. The molecule has 2 aromatic rings. The van der Waals surface area contributed by atoms with Crippen LogP contribution in [0.2, 0.25) is 5.02 Å². The predicted octanol–water partition coefficient (Wildman–Crippen LogP) is 4.19. The lowest BCUT2D eigenvalue weighted by molar-refractivity contribution is 0.0697. The summed E-state index contributed by atoms with van der Waals surface area (Å²) >= 11 is 7.43. The summed E-state index contributed by atoms with van der Waals surface area (Å²) < 4.78 is 0. The Morgan fingerprint density at radius 3 is 2.35 bits per heavy atom. The molecule has 17 heavy (non-hydrogen) atoms. The topological polar surface area (TPSA) is 37.3 Å². The van der Waals surface area contributed by atoms with Crippen LogP contribution in [0.1, 0.15) is 10.4 Å². The molecule has 0 aliphatic rings. The molecular weight excluding hydrogens is 256 g/mol. The highest BCUT2D eigenvalue weighted by Gasteiger charge is 2.03. The summed E-state index contributed by atoms with van der Waals surface area (Å²) in [6, 6.07) is 14.3. The third-order valence-corrected chi connectivity index (χ3v) is 3.37. The zero-order valence-corrected chi connectivity index (χ0v) is 10.3. The highest BCUT2D eigenvalue weighted by atomic mass is 35.5. The maximum absolute atomic E-state index is 10.7. The van der Waals surface area contributed by atoms with E-state index in [-0.39, 0.29) is 0 Å². The van der Waals surface area contributed by atoms with E-state index in [1.54, 1.807) is 36.0 Å². The van der Waals surface area contributed by atoms with Crippen molar-refractivity contribution >= 4 is 29.3 Å². The molecule has 0 unspecified atom stereocenters. The molecule has 0 amide bonds. The van der Waals surface area contributed by atoms with Crippen LogP contribution < -0.4 is 0 Å². The molecule has 0 radical (unpaired) electrons. The third-order valence-electron chi connectivity index (χ3n) is 2.13. The van der Waals surface area contributed by atoms with Crippen LogP contribution in [-0.4, -0.2) is 11.1 Å². The van der Waals surface area contributed by atoms with E-state index in [4.69, 9.17) is 16.7 Å². The van der Waals surface area contributed by atoms with Crippen LogP contribution in [0, 0.1) is 0 Å². The van der Waals surface area contributed by atoms with Crippen molar-refractivity contribution in [3.8, 4) is 0 Å². The number of benzene rings is 2. The van der Waals surface area contributed by atoms with Gasteiger partial charge in [-0.2, -0.15) is 0 Å². The Balaban J connectivity index is 2.16. The fraction of sp³-hybridized carbons (Fsp3) is 0. The lowest BCUT2D eigenvalue weighted by Crippen LogP contribution is -1.94. The van der Waals surface area contributed by atoms with Crippen molar-refractivity contribution in [3.05, 3.63) is 59.1 Å². The van der Waals surface area contributed by atoms with Gasteiger partial charge >= 0.3 is 5.97 Å². The normalized spacial score (nSPS) is 10.2. The van der Waals surface area contributed by atoms with Crippen molar-refractivity contribution < 1.29 is 9.90 Å². The van der Waals surface area contributed by atoms with Crippen molar-refractivity contribution in [1.82, 2.24) is 0 Å². The van der Waals surface area contributed by atoms with Gasteiger partial charge < -0.3 is 5.11 Å². The quantitative estimate of drug-likeness (QED) is 0.903. The Morgan fingerprint density at radius 2 is 1.76 bits per heavy atom. The molecule has 0 spiro atoms. The van der Waals surface area contributed by atoms with Crippen LogP contribution in [0.4, 0.5) is 0 Å². The van der Waals surface area contributed by atoms with Crippen molar-refractivity contribution in [2.75, 3.05) is 0 Å². The largest absolute Gasteiger partial charge is 0.478 e. The first-order chi connectivity index (χ1) is 8.15. The van der Waals surface area contributed by atoms with Gasteiger partial charge in [-0.15, -0.1) is 0 Å². The molecule has 2 nitrogen and oxygen atoms in total. The average molecular weight is 265 g/mol. The summed E-state index contributed by atoms with van der Waals surface area (Å²) in [7, 11) is 0. The number of halogens is 1. The van der Waals surface area contributed by atoms with Gasteiger partial charge in [0.05, 0.1) is 5.56 Å². The minimum Gasteiger partial charge on any atom is -0.478 e.